The van der Waals surface area contributed by atoms with E-state index in [1.807, 2.05) is 30.3 Å². The zero-order valence-electron chi connectivity index (χ0n) is 16.3. The van der Waals surface area contributed by atoms with Crippen LogP contribution >= 0.6 is 15.9 Å². The van der Waals surface area contributed by atoms with Crippen LogP contribution < -0.4 is 0 Å². The summed E-state index contributed by atoms with van der Waals surface area (Å²) in [6, 6.07) is 14.7. The van der Waals surface area contributed by atoms with Gasteiger partial charge in [0.2, 0.25) is 10.0 Å². The topological polar surface area (TPSA) is 89.8 Å². The minimum Gasteiger partial charge on any atom is -0.367 e. The molecule has 1 aliphatic heterocycles. The Labute approximate surface area is 184 Å². The van der Waals surface area contributed by atoms with Crippen molar-refractivity contribution in [3.05, 3.63) is 70.3 Å². The Kier molecular flexibility index (Phi) is 6.24. The Morgan fingerprint density at radius 1 is 1.03 bits per heavy atom. The summed E-state index contributed by atoms with van der Waals surface area (Å²) in [6.07, 6.45) is 3.03. The fraction of sp³-hybridized carbons (Fsp3) is 0.429. The van der Waals surface area contributed by atoms with Gasteiger partial charge in [-0.3, -0.25) is 10.1 Å². The minimum atomic E-state index is -3.84. The summed E-state index contributed by atoms with van der Waals surface area (Å²) >= 11 is 3.69. The fourth-order valence-electron chi connectivity index (χ4n) is 4.32. The van der Waals surface area contributed by atoms with Crippen molar-refractivity contribution in [3.8, 4) is 0 Å². The van der Waals surface area contributed by atoms with Crippen molar-refractivity contribution >= 4 is 31.6 Å². The molecule has 160 valence electrons. The summed E-state index contributed by atoms with van der Waals surface area (Å²) in [4.78, 5) is 10.2. The summed E-state index contributed by atoms with van der Waals surface area (Å²) < 4.78 is 35.1. The maximum Gasteiger partial charge on any atom is 0.269 e. The Balaban J connectivity index is 1.70. The molecule has 7 nitrogen and oxygen atoms in total. The van der Waals surface area contributed by atoms with Gasteiger partial charge in [-0.25, -0.2) is 8.42 Å². The molecular weight excluding hydrogens is 472 g/mol. The van der Waals surface area contributed by atoms with E-state index in [1.54, 1.807) is 4.31 Å². The van der Waals surface area contributed by atoms with Crippen molar-refractivity contribution in [3.63, 3.8) is 0 Å². The molecule has 0 amide bonds. The normalized spacial score (nSPS) is 27.8. The largest absolute Gasteiger partial charge is 0.367 e. The molecule has 2 aromatic carbocycles. The molecule has 9 heteroatoms. The zero-order valence-corrected chi connectivity index (χ0v) is 18.7. The highest BCUT2D eigenvalue weighted by atomic mass is 79.9. The first-order valence-electron chi connectivity index (χ1n) is 9.98. The molecule has 0 unspecified atom stereocenters. The second kappa shape index (κ2) is 8.74. The summed E-state index contributed by atoms with van der Waals surface area (Å²) in [5.74, 6) is 0. The number of fused-ring (bicyclic) bond motifs is 1. The summed E-state index contributed by atoms with van der Waals surface area (Å²) in [6.45, 7) is 0.264. The van der Waals surface area contributed by atoms with Crippen LogP contribution in [-0.2, 0) is 14.8 Å². The van der Waals surface area contributed by atoms with Gasteiger partial charge in [0.15, 0.2) is 0 Å². The first-order chi connectivity index (χ1) is 14.4. The average Bonchev–Trinajstić information content (AvgIpc) is 2.91. The van der Waals surface area contributed by atoms with Crippen LogP contribution in [0.1, 0.15) is 37.4 Å². The maximum absolute atomic E-state index is 13.5. The van der Waals surface area contributed by atoms with Gasteiger partial charge in [-0.2, -0.15) is 4.31 Å². The molecule has 1 heterocycles. The van der Waals surface area contributed by atoms with Crippen LogP contribution in [0.25, 0.3) is 0 Å². The van der Waals surface area contributed by atoms with Crippen molar-refractivity contribution in [1.82, 2.24) is 4.31 Å². The zero-order chi connectivity index (χ0) is 21.3. The van der Waals surface area contributed by atoms with E-state index in [0.717, 1.165) is 31.2 Å². The number of nitrogens with zero attached hydrogens (tertiary/aromatic N) is 2. The predicted octanol–water partition coefficient (Wildman–Crippen LogP) is 4.43. The molecule has 2 fully saturated rings. The number of hydrogen-bond acceptors (Lipinski definition) is 5. The third kappa shape index (κ3) is 4.16. The molecule has 1 aliphatic carbocycles. The van der Waals surface area contributed by atoms with Crippen LogP contribution in [0.5, 0.6) is 0 Å². The summed E-state index contributed by atoms with van der Waals surface area (Å²) in [7, 11) is -3.84. The molecule has 4 atom stereocenters. The van der Waals surface area contributed by atoms with Gasteiger partial charge in [0.1, 0.15) is 0 Å². The number of benzene rings is 2. The highest BCUT2D eigenvalue weighted by Gasteiger charge is 2.44. The van der Waals surface area contributed by atoms with Crippen LogP contribution in [-0.4, -0.2) is 41.2 Å². The van der Waals surface area contributed by atoms with Gasteiger partial charge < -0.3 is 4.74 Å². The van der Waals surface area contributed by atoms with Gasteiger partial charge in [-0.1, -0.05) is 59.1 Å². The third-order valence-electron chi connectivity index (χ3n) is 5.82. The average molecular weight is 495 g/mol. The molecule has 4 rings (SSSR count). The number of hydrogen-bond donors (Lipinski definition) is 0. The molecule has 2 aromatic rings. The lowest BCUT2D eigenvalue weighted by molar-refractivity contribution is -0.384. The van der Waals surface area contributed by atoms with Gasteiger partial charge in [0.05, 0.1) is 32.9 Å². The second-order valence-electron chi connectivity index (χ2n) is 7.70. The highest BCUT2D eigenvalue weighted by Crippen LogP contribution is 2.40. The molecule has 0 bridgehead atoms. The van der Waals surface area contributed by atoms with Crippen LogP contribution in [0.4, 0.5) is 5.69 Å². The first-order valence-corrected chi connectivity index (χ1v) is 12.3. The van der Waals surface area contributed by atoms with E-state index >= 15 is 0 Å². The molecule has 1 saturated heterocycles. The van der Waals surface area contributed by atoms with Gasteiger partial charge in [-0.05, 0) is 30.5 Å². The SMILES string of the molecule is O=[N+]([O-])c1ccc(S(=O)(=O)N2C[C@H](Br)[C@@H](c3ccccc3)O[C@@H]3CCCC[C@H]32)cc1. The molecular formula is C21H23BrN2O5S. The van der Waals surface area contributed by atoms with Gasteiger partial charge in [0.25, 0.3) is 5.69 Å². The molecule has 0 radical (unpaired) electrons. The standard InChI is InChI=1S/C21H23BrN2O5S/c22-18-14-23(30(27,28)17-12-10-16(11-13-17)24(25)26)19-8-4-5-9-20(19)29-21(18)15-6-2-1-3-7-15/h1-3,6-7,10-13,18-21H,4-5,8-9,14H2/t18-,19+,20+,21+/m0/s1. The molecule has 0 spiro atoms. The fourth-order valence-corrected chi connectivity index (χ4v) is 6.96. The highest BCUT2D eigenvalue weighted by molar-refractivity contribution is 9.09. The first kappa shape index (κ1) is 21.4. The quantitative estimate of drug-likeness (QED) is 0.356. The van der Waals surface area contributed by atoms with E-state index in [0.29, 0.717) is 0 Å². The number of nitro groups is 1. The lowest BCUT2D eigenvalue weighted by Crippen LogP contribution is -2.48. The Morgan fingerprint density at radius 3 is 2.37 bits per heavy atom. The molecule has 30 heavy (non-hydrogen) atoms. The molecule has 0 N–H and O–H groups in total. The second-order valence-corrected chi connectivity index (χ2v) is 10.8. The molecule has 1 saturated carbocycles. The smallest absolute Gasteiger partial charge is 0.269 e. The van der Waals surface area contributed by atoms with E-state index in [4.69, 9.17) is 4.74 Å². The number of rotatable bonds is 4. The van der Waals surface area contributed by atoms with Crippen molar-refractivity contribution in [1.29, 1.82) is 0 Å². The third-order valence-corrected chi connectivity index (χ3v) is 8.50. The van der Waals surface area contributed by atoms with Gasteiger partial charge in [0, 0.05) is 18.7 Å². The van der Waals surface area contributed by atoms with Crippen molar-refractivity contribution in [2.45, 2.75) is 53.7 Å². The number of nitro benzene ring substituents is 1. The Bertz CT molecular complexity index is 1000. The van der Waals surface area contributed by atoms with Gasteiger partial charge >= 0.3 is 0 Å². The Morgan fingerprint density at radius 2 is 1.70 bits per heavy atom. The minimum absolute atomic E-state index is 0.0651. The Hall–Kier alpha value is -1.81. The number of halogens is 1. The van der Waals surface area contributed by atoms with Crippen LogP contribution in [0.2, 0.25) is 0 Å². The monoisotopic (exact) mass is 494 g/mol. The van der Waals surface area contributed by atoms with E-state index in [2.05, 4.69) is 15.9 Å². The lowest BCUT2D eigenvalue weighted by Gasteiger charge is -2.36. The van der Waals surface area contributed by atoms with E-state index in [9.17, 15) is 18.5 Å². The number of alkyl halides is 1. The predicted molar refractivity (Wildman–Crippen MR) is 116 cm³/mol. The van der Waals surface area contributed by atoms with E-state index < -0.39 is 14.9 Å². The van der Waals surface area contributed by atoms with Crippen molar-refractivity contribution < 1.29 is 18.1 Å². The molecule has 0 aromatic heterocycles. The maximum atomic E-state index is 13.5. The summed E-state index contributed by atoms with van der Waals surface area (Å²) in [5, 5.41) is 10.9. The number of sulfonamides is 1. The van der Waals surface area contributed by atoms with Crippen molar-refractivity contribution in [2.24, 2.45) is 0 Å². The summed E-state index contributed by atoms with van der Waals surface area (Å²) in [5.41, 5.74) is 0.879. The van der Waals surface area contributed by atoms with E-state index in [1.165, 1.54) is 24.3 Å². The van der Waals surface area contributed by atoms with Crippen molar-refractivity contribution in [2.75, 3.05) is 6.54 Å². The van der Waals surface area contributed by atoms with Crippen LogP contribution in [0, 0.1) is 10.1 Å². The van der Waals surface area contributed by atoms with E-state index in [-0.39, 0.29) is 40.2 Å². The molecule has 2 aliphatic rings. The van der Waals surface area contributed by atoms with Gasteiger partial charge in [-0.15, -0.1) is 0 Å². The lowest BCUT2D eigenvalue weighted by atomic mass is 9.92. The van der Waals surface area contributed by atoms with Crippen LogP contribution in [0.3, 0.4) is 0 Å². The number of ether oxygens (including phenoxy) is 1. The number of non-ortho nitro benzene ring substituents is 1. The van der Waals surface area contributed by atoms with Crippen LogP contribution in [0.15, 0.2) is 59.5 Å².